The van der Waals surface area contributed by atoms with Gasteiger partial charge in [0.25, 0.3) is 0 Å². The summed E-state index contributed by atoms with van der Waals surface area (Å²) in [7, 11) is 0. The Bertz CT molecular complexity index is 870. The predicted octanol–water partition coefficient (Wildman–Crippen LogP) is 4.80. The molecular weight excluding hydrogens is 334 g/mol. The number of hydrogen-bond acceptors (Lipinski definition) is 3. The second-order valence-electron chi connectivity index (χ2n) is 7.27. The lowest BCUT2D eigenvalue weighted by atomic mass is 9.93. The van der Waals surface area contributed by atoms with Crippen molar-refractivity contribution in [1.29, 1.82) is 0 Å². The Balaban J connectivity index is 1.79. The van der Waals surface area contributed by atoms with Gasteiger partial charge in [0.2, 0.25) is 0 Å². The van der Waals surface area contributed by atoms with E-state index >= 15 is 0 Å². The molecule has 0 bridgehead atoms. The van der Waals surface area contributed by atoms with Crippen molar-refractivity contribution in [3.63, 3.8) is 0 Å². The lowest BCUT2D eigenvalue weighted by Crippen LogP contribution is -2.43. The van der Waals surface area contributed by atoms with Gasteiger partial charge in [-0.05, 0) is 49.1 Å². The van der Waals surface area contributed by atoms with Crippen molar-refractivity contribution >= 4 is 17.1 Å². The number of ether oxygens (including phenoxy) is 1. The maximum Gasteiger partial charge on any atom is 0.138 e. The molecule has 2 aromatic heterocycles. The zero-order chi connectivity index (χ0) is 18.0. The third-order valence-corrected chi connectivity index (χ3v) is 4.40. The quantitative estimate of drug-likeness (QED) is 0.689. The van der Waals surface area contributed by atoms with E-state index in [2.05, 4.69) is 18.9 Å². The number of hydrogen-bond donors (Lipinski definition) is 1. The number of nitrogens with zero attached hydrogens (tertiary/aromatic N) is 2. The first-order valence-corrected chi connectivity index (χ1v) is 8.87. The third-order valence-electron chi connectivity index (χ3n) is 4.10. The molecule has 1 aromatic carbocycles. The first-order valence-electron chi connectivity index (χ1n) is 8.50. The molecule has 1 atom stereocenters. The molecule has 4 nitrogen and oxygen atoms in total. The van der Waals surface area contributed by atoms with Crippen molar-refractivity contribution in [3.05, 3.63) is 53.8 Å². The van der Waals surface area contributed by atoms with Gasteiger partial charge in [0, 0.05) is 17.3 Å². The van der Waals surface area contributed by atoms with Crippen LogP contribution in [0.4, 0.5) is 0 Å². The zero-order valence-electron chi connectivity index (χ0n) is 14.9. The molecule has 3 rings (SSSR count). The highest BCUT2D eigenvalue weighted by molar-refractivity contribution is 6.32. The van der Waals surface area contributed by atoms with Gasteiger partial charge < -0.3 is 10.5 Å². The summed E-state index contributed by atoms with van der Waals surface area (Å²) in [6.07, 6.45) is 4.67. The first-order chi connectivity index (χ1) is 11.9. The molecule has 2 N–H and O–H groups in total. The van der Waals surface area contributed by atoms with Gasteiger partial charge >= 0.3 is 0 Å². The van der Waals surface area contributed by atoms with Gasteiger partial charge in [-0.25, -0.2) is 4.52 Å². The number of nitrogens with two attached hydrogens (primary N) is 1. The predicted molar refractivity (Wildman–Crippen MR) is 103 cm³/mol. The molecule has 25 heavy (non-hydrogen) atoms. The fourth-order valence-corrected chi connectivity index (χ4v) is 3.41. The van der Waals surface area contributed by atoms with Crippen molar-refractivity contribution in [2.45, 2.75) is 32.7 Å². The molecule has 1 unspecified atom stereocenters. The molecule has 0 radical (unpaired) electrons. The van der Waals surface area contributed by atoms with Crippen LogP contribution in [-0.4, -0.2) is 21.8 Å². The Kier molecular flexibility index (Phi) is 5.02. The number of pyridine rings is 1. The highest BCUT2D eigenvalue weighted by atomic mass is 35.5. The number of rotatable bonds is 6. The topological polar surface area (TPSA) is 52.5 Å². The largest absolute Gasteiger partial charge is 0.490 e. The van der Waals surface area contributed by atoms with E-state index in [9.17, 15) is 0 Å². The van der Waals surface area contributed by atoms with Crippen molar-refractivity contribution in [3.8, 4) is 16.9 Å². The average Bonchev–Trinajstić information content (AvgIpc) is 2.96. The van der Waals surface area contributed by atoms with Crippen molar-refractivity contribution < 1.29 is 4.74 Å². The van der Waals surface area contributed by atoms with E-state index < -0.39 is 0 Å². The molecule has 0 fully saturated rings. The molecule has 132 valence electrons. The van der Waals surface area contributed by atoms with E-state index in [4.69, 9.17) is 22.1 Å². The Labute approximate surface area is 153 Å². The van der Waals surface area contributed by atoms with Crippen LogP contribution in [0.25, 0.3) is 16.6 Å². The third kappa shape index (κ3) is 4.14. The summed E-state index contributed by atoms with van der Waals surface area (Å²) >= 11 is 6.44. The monoisotopic (exact) mass is 357 g/mol. The minimum Gasteiger partial charge on any atom is -0.490 e. The van der Waals surface area contributed by atoms with E-state index in [0.717, 1.165) is 23.1 Å². The summed E-state index contributed by atoms with van der Waals surface area (Å²) in [5.41, 5.74) is 9.02. The smallest absolute Gasteiger partial charge is 0.138 e. The molecule has 0 saturated carbocycles. The maximum atomic E-state index is 6.44. The van der Waals surface area contributed by atoms with Crippen molar-refractivity contribution in [2.75, 3.05) is 6.61 Å². The van der Waals surface area contributed by atoms with Gasteiger partial charge in [-0.2, -0.15) is 5.10 Å². The second kappa shape index (κ2) is 7.06. The Morgan fingerprint density at radius 3 is 2.80 bits per heavy atom. The SMILES string of the molecule is CC(C)CC(C)(N)COc1ccc(-c2cnn3ccccc23)cc1Cl. The molecule has 0 aliphatic carbocycles. The minimum atomic E-state index is -0.376. The van der Waals surface area contributed by atoms with Gasteiger partial charge in [-0.1, -0.05) is 37.6 Å². The molecule has 0 aliphatic heterocycles. The fourth-order valence-electron chi connectivity index (χ4n) is 3.18. The molecule has 3 aromatic rings. The number of benzene rings is 1. The van der Waals surface area contributed by atoms with Crippen LogP contribution in [0.3, 0.4) is 0 Å². The summed E-state index contributed by atoms with van der Waals surface area (Å²) < 4.78 is 7.73. The van der Waals surface area contributed by atoms with Crippen LogP contribution in [0.15, 0.2) is 48.8 Å². The molecule has 0 spiro atoms. The van der Waals surface area contributed by atoms with Gasteiger partial charge in [0.15, 0.2) is 0 Å². The Morgan fingerprint density at radius 2 is 2.08 bits per heavy atom. The minimum absolute atomic E-state index is 0.376. The van der Waals surface area contributed by atoms with Crippen LogP contribution in [0.5, 0.6) is 5.75 Å². The van der Waals surface area contributed by atoms with E-state index in [1.54, 1.807) is 0 Å². The average molecular weight is 358 g/mol. The maximum absolute atomic E-state index is 6.44. The summed E-state index contributed by atoms with van der Waals surface area (Å²) in [4.78, 5) is 0. The summed E-state index contributed by atoms with van der Waals surface area (Å²) in [5.74, 6) is 1.18. The van der Waals surface area contributed by atoms with Gasteiger partial charge in [-0.15, -0.1) is 0 Å². The second-order valence-corrected chi connectivity index (χ2v) is 7.68. The molecule has 0 amide bonds. The van der Waals surface area contributed by atoms with Crippen LogP contribution < -0.4 is 10.5 Å². The van der Waals surface area contributed by atoms with E-state index in [-0.39, 0.29) is 5.54 Å². The fraction of sp³-hybridized carbons (Fsp3) is 0.350. The normalized spacial score (nSPS) is 14.0. The molecule has 2 heterocycles. The van der Waals surface area contributed by atoms with Crippen LogP contribution >= 0.6 is 11.6 Å². The standard InChI is InChI=1S/C20H24ClN3O/c1-14(2)11-20(3,22)13-25-19-8-7-15(10-17(19)21)16-12-23-24-9-5-4-6-18(16)24/h4-10,12,14H,11,13,22H2,1-3H3. The number of aromatic nitrogens is 2. The number of fused-ring (bicyclic) bond motifs is 1. The highest BCUT2D eigenvalue weighted by Crippen LogP contribution is 2.32. The highest BCUT2D eigenvalue weighted by Gasteiger charge is 2.21. The van der Waals surface area contributed by atoms with Crippen molar-refractivity contribution in [2.24, 2.45) is 11.7 Å². The summed E-state index contributed by atoms with van der Waals surface area (Å²) in [6, 6.07) is 11.8. The first kappa shape index (κ1) is 17.8. The Hall–Kier alpha value is -2.04. The van der Waals surface area contributed by atoms with Crippen LogP contribution in [0.1, 0.15) is 27.2 Å². The van der Waals surface area contributed by atoms with Crippen LogP contribution in [0, 0.1) is 5.92 Å². The summed E-state index contributed by atoms with van der Waals surface area (Å²) in [5, 5.41) is 4.95. The van der Waals surface area contributed by atoms with Crippen LogP contribution in [0.2, 0.25) is 5.02 Å². The van der Waals surface area contributed by atoms with Gasteiger partial charge in [-0.3, -0.25) is 0 Å². The Morgan fingerprint density at radius 1 is 1.28 bits per heavy atom. The lowest BCUT2D eigenvalue weighted by molar-refractivity contribution is 0.207. The molecule has 0 aliphatic rings. The molecule has 0 saturated heterocycles. The van der Waals surface area contributed by atoms with E-state index in [0.29, 0.717) is 23.3 Å². The lowest BCUT2D eigenvalue weighted by Gasteiger charge is -2.26. The van der Waals surface area contributed by atoms with E-state index in [1.165, 1.54) is 0 Å². The molecule has 5 heteroatoms. The molecular formula is C20H24ClN3O. The van der Waals surface area contributed by atoms with Gasteiger partial charge in [0.1, 0.15) is 12.4 Å². The summed E-state index contributed by atoms with van der Waals surface area (Å²) in [6.45, 7) is 6.75. The number of halogens is 1. The van der Waals surface area contributed by atoms with Crippen LogP contribution in [-0.2, 0) is 0 Å². The van der Waals surface area contributed by atoms with E-state index in [1.807, 2.05) is 60.2 Å². The zero-order valence-corrected chi connectivity index (χ0v) is 15.6. The van der Waals surface area contributed by atoms with Gasteiger partial charge in [0.05, 0.1) is 16.7 Å². The van der Waals surface area contributed by atoms with Crippen molar-refractivity contribution in [1.82, 2.24) is 9.61 Å².